The minimum Gasteiger partial charge on any atom is -0.495 e. The molecule has 3 aromatic rings. The summed E-state index contributed by atoms with van der Waals surface area (Å²) in [5, 5.41) is 3.76. The van der Waals surface area contributed by atoms with Crippen molar-refractivity contribution < 1.29 is 9.53 Å². The van der Waals surface area contributed by atoms with Crippen molar-refractivity contribution in [1.29, 1.82) is 0 Å². The van der Waals surface area contributed by atoms with E-state index in [4.69, 9.17) is 16.3 Å². The van der Waals surface area contributed by atoms with Crippen LogP contribution in [0.15, 0.2) is 41.2 Å². The highest BCUT2D eigenvalue weighted by atomic mass is 35.5. The molecule has 1 aliphatic heterocycles. The molecule has 0 bridgehead atoms. The van der Waals surface area contributed by atoms with Crippen LogP contribution in [0.1, 0.15) is 16.8 Å². The summed E-state index contributed by atoms with van der Waals surface area (Å²) in [4.78, 5) is 31.0. The number of rotatable bonds is 4. The molecule has 150 valence electrons. The van der Waals surface area contributed by atoms with Crippen LogP contribution in [0.2, 0.25) is 5.02 Å². The smallest absolute Gasteiger partial charge is 0.238 e. The van der Waals surface area contributed by atoms with Crippen molar-refractivity contribution in [3.05, 3.63) is 68.5 Å². The standard InChI is InChI=1S/C22H22ClN3O3/c1-13-5-3-4-6-16(13)24-19(27)12-26-10-9-17-14(11-26)22(28)20-15(23)7-8-18(29-2)21(20)25-17/h3-8H,9-12H2,1-2H3,(H,24,27)(H,25,28). The van der Waals surface area contributed by atoms with Gasteiger partial charge in [0.25, 0.3) is 0 Å². The molecule has 2 heterocycles. The fraction of sp³-hybridized carbons (Fsp3) is 0.273. The van der Waals surface area contributed by atoms with Gasteiger partial charge in [0, 0.05) is 36.5 Å². The van der Waals surface area contributed by atoms with Gasteiger partial charge in [-0.05, 0) is 30.7 Å². The minimum absolute atomic E-state index is 0.0975. The third-order valence-corrected chi connectivity index (χ3v) is 5.64. The van der Waals surface area contributed by atoms with Crippen molar-refractivity contribution in [2.75, 3.05) is 25.5 Å². The Bertz CT molecular complexity index is 1160. The highest BCUT2D eigenvalue weighted by molar-refractivity contribution is 6.35. The molecule has 4 rings (SSSR count). The monoisotopic (exact) mass is 411 g/mol. The highest BCUT2D eigenvalue weighted by Crippen LogP contribution is 2.30. The van der Waals surface area contributed by atoms with E-state index in [0.717, 1.165) is 16.9 Å². The number of methoxy groups -OCH3 is 1. The number of carbonyl (C=O) groups excluding carboxylic acids is 1. The number of halogens is 1. The summed E-state index contributed by atoms with van der Waals surface area (Å²) in [7, 11) is 1.56. The van der Waals surface area contributed by atoms with Crippen molar-refractivity contribution in [3.8, 4) is 5.75 Å². The Hall–Kier alpha value is -2.83. The molecule has 0 radical (unpaired) electrons. The molecule has 0 unspecified atom stereocenters. The first-order valence-electron chi connectivity index (χ1n) is 9.46. The fourth-order valence-electron chi connectivity index (χ4n) is 3.78. The number of pyridine rings is 1. The molecule has 0 spiro atoms. The number of benzene rings is 2. The number of ether oxygens (including phenoxy) is 1. The Kier molecular flexibility index (Phi) is 5.30. The van der Waals surface area contributed by atoms with Gasteiger partial charge in [0.05, 0.1) is 29.6 Å². The van der Waals surface area contributed by atoms with Gasteiger partial charge in [0.1, 0.15) is 5.75 Å². The van der Waals surface area contributed by atoms with Crippen LogP contribution in [0.25, 0.3) is 10.9 Å². The number of nitrogens with one attached hydrogen (secondary N) is 2. The van der Waals surface area contributed by atoms with E-state index in [2.05, 4.69) is 10.3 Å². The van der Waals surface area contributed by atoms with Crippen LogP contribution in [0.3, 0.4) is 0 Å². The lowest BCUT2D eigenvalue weighted by Crippen LogP contribution is -2.39. The van der Waals surface area contributed by atoms with E-state index in [-0.39, 0.29) is 17.9 Å². The van der Waals surface area contributed by atoms with Crippen molar-refractivity contribution in [3.63, 3.8) is 0 Å². The quantitative estimate of drug-likeness (QED) is 0.689. The van der Waals surface area contributed by atoms with E-state index in [1.165, 1.54) is 0 Å². The van der Waals surface area contributed by atoms with Gasteiger partial charge in [-0.25, -0.2) is 0 Å². The molecule has 7 heteroatoms. The number of aromatic amines is 1. The fourth-order valence-corrected chi connectivity index (χ4v) is 4.03. The lowest BCUT2D eigenvalue weighted by molar-refractivity contribution is -0.117. The molecule has 2 N–H and O–H groups in total. The van der Waals surface area contributed by atoms with Crippen molar-refractivity contribution >= 4 is 34.1 Å². The van der Waals surface area contributed by atoms with E-state index in [1.807, 2.05) is 36.1 Å². The summed E-state index contributed by atoms with van der Waals surface area (Å²) in [5.74, 6) is 0.490. The van der Waals surface area contributed by atoms with Gasteiger partial charge in [0.15, 0.2) is 5.43 Å². The van der Waals surface area contributed by atoms with Crippen LogP contribution in [0, 0.1) is 6.92 Å². The molecule has 1 aliphatic rings. The van der Waals surface area contributed by atoms with Crippen molar-refractivity contribution in [2.24, 2.45) is 0 Å². The summed E-state index contributed by atoms with van der Waals surface area (Å²) < 4.78 is 5.38. The summed E-state index contributed by atoms with van der Waals surface area (Å²) in [6, 6.07) is 11.1. The normalized spacial score (nSPS) is 13.9. The van der Waals surface area contributed by atoms with Crippen LogP contribution in [-0.2, 0) is 17.8 Å². The van der Waals surface area contributed by atoms with Gasteiger partial charge < -0.3 is 15.0 Å². The topological polar surface area (TPSA) is 74.4 Å². The maximum Gasteiger partial charge on any atom is 0.238 e. The molecule has 0 atom stereocenters. The van der Waals surface area contributed by atoms with Crippen LogP contribution >= 0.6 is 11.6 Å². The van der Waals surface area contributed by atoms with Crippen LogP contribution in [0.4, 0.5) is 5.69 Å². The Morgan fingerprint density at radius 3 is 2.83 bits per heavy atom. The van der Waals surface area contributed by atoms with Crippen LogP contribution in [0.5, 0.6) is 5.75 Å². The van der Waals surface area contributed by atoms with Crippen LogP contribution in [-0.4, -0.2) is 36.0 Å². The second kappa shape index (κ2) is 7.89. The number of hydrogen-bond donors (Lipinski definition) is 2. The van der Waals surface area contributed by atoms with E-state index < -0.39 is 0 Å². The van der Waals surface area contributed by atoms with E-state index >= 15 is 0 Å². The number of aryl methyl sites for hydroxylation is 1. The third-order valence-electron chi connectivity index (χ3n) is 5.32. The summed E-state index contributed by atoms with van der Waals surface area (Å²) >= 11 is 6.31. The van der Waals surface area contributed by atoms with Gasteiger partial charge in [-0.15, -0.1) is 0 Å². The zero-order valence-electron chi connectivity index (χ0n) is 16.3. The summed E-state index contributed by atoms with van der Waals surface area (Å²) in [6.45, 7) is 3.25. The maximum absolute atomic E-state index is 13.1. The second-order valence-electron chi connectivity index (χ2n) is 7.23. The molecule has 0 aliphatic carbocycles. The second-order valence-corrected chi connectivity index (χ2v) is 7.64. The predicted octanol–water partition coefficient (Wildman–Crippen LogP) is 3.50. The average molecular weight is 412 g/mol. The zero-order chi connectivity index (χ0) is 20.5. The van der Waals surface area contributed by atoms with Crippen molar-refractivity contribution in [2.45, 2.75) is 19.9 Å². The number of hydrogen-bond acceptors (Lipinski definition) is 4. The Morgan fingerprint density at radius 2 is 2.07 bits per heavy atom. The van der Waals surface area contributed by atoms with Gasteiger partial charge in [-0.2, -0.15) is 0 Å². The van der Waals surface area contributed by atoms with E-state index in [1.54, 1.807) is 19.2 Å². The first-order valence-corrected chi connectivity index (χ1v) is 9.83. The molecule has 0 saturated heterocycles. The molecule has 0 saturated carbocycles. The predicted molar refractivity (Wildman–Crippen MR) is 115 cm³/mol. The number of fused-ring (bicyclic) bond motifs is 2. The minimum atomic E-state index is -0.110. The van der Waals surface area contributed by atoms with E-state index in [9.17, 15) is 9.59 Å². The Balaban J connectivity index is 1.58. The Labute approximate surface area is 173 Å². The molecule has 29 heavy (non-hydrogen) atoms. The number of para-hydroxylation sites is 1. The molecule has 1 amide bonds. The van der Waals surface area contributed by atoms with E-state index in [0.29, 0.717) is 46.7 Å². The molecular formula is C22H22ClN3O3. The zero-order valence-corrected chi connectivity index (χ0v) is 17.1. The molecule has 0 fully saturated rings. The average Bonchev–Trinajstić information content (AvgIpc) is 2.70. The molecule has 1 aromatic heterocycles. The van der Waals surface area contributed by atoms with Crippen molar-refractivity contribution in [1.82, 2.24) is 9.88 Å². The van der Waals surface area contributed by atoms with Gasteiger partial charge in [0.2, 0.25) is 5.91 Å². The first-order chi connectivity index (χ1) is 14.0. The molecule has 6 nitrogen and oxygen atoms in total. The summed E-state index contributed by atoms with van der Waals surface area (Å²) in [6.07, 6.45) is 0.647. The van der Waals surface area contributed by atoms with Gasteiger partial charge in [-0.1, -0.05) is 29.8 Å². The molecular weight excluding hydrogens is 390 g/mol. The maximum atomic E-state index is 13.1. The number of amides is 1. The number of aromatic nitrogens is 1. The third kappa shape index (κ3) is 3.73. The van der Waals surface area contributed by atoms with Gasteiger partial charge in [-0.3, -0.25) is 14.5 Å². The first kappa shape index (κ1) is 19.5. The number of anilines is 1. The highest BCUT2D eigenvalue weighted by Gasteiger charge is 2.24. The lowest BCUT2D eigenvalue weighted by Gasteiger charge is -2.28. The largest absolute Gasteiger partial charge is 0.495 e. The number of H-pyrrole nitrogens is 1. The van der Waals surface area contributed by atoms with Crippen LogP contribution < -0.4 is 15.5 Å². The Morgan fingerprint density at radius 1 is 1.28 bits per heavy atom. The lowest BCUT2D eigenvalue weighted by atomic mass is 10.0. The summed E-state index contributed by atoms with van der Waals surface area (Å²) in [5.41, 5.74) is 3.85. The number of carbonyl (C=O) groups is 1. The molecule has 2 aromatic carbocycles. The SMILES string of the molecule is COc1ccc(Cl)c2c(=O)c3c([nH]c12)CCN(CC(=O)Nc1ccccc1C)C3. The van der Waals surface area contributed by atoms with Gasteiger partial charge >= 0.3 is 0 Å². The number of nitrogens with zero attached hydrogens (tertiary/aromatic N) is 1.